The molecule has 3 N–H and O–H groups in total. The number of thiophene rings is 1. The Hall–Kier alpha value is 0.580. The largest absolute Gasteiger partial charge is 0.271 e. The van der Waals surface area contributed by atoms with E-state index >= 15 is 0 Å². The molecular weight excluding hydrogens is 328 g/mol. The first-order chi connectivity index (χ1) is 6.70. The average Bonchev–Trinajstić information content (AvgIpc) is 2.91. The zero-order valence-corrected chi connectivity index (χ0v) is 11.6. The van der Waals surface area contributed by atoms with Crippen LogP contribution in [0.25, 0.3) is 0 Å². The summed E-state index contributed by atoms with van der Waals surface area (Å²) < 4.78 is 2.26. The Morgan fingerprint density at radius 2 is 2.29 bits per heavy atom. The van der Waals surface area contributed by atoms with Crippen LogP contribution in [0.5, 0.6) is 0 Å². The van der Waals surface area contributed by atoms with Gasteiger partial charge in [-0.15, -0.1) is 11.3 Å². The zero-order chi connectivity index (χ0) is 10.1. The SMILES string of the molecule is NNC(CC1CC1)c1cc(Br)c(Br)s1. The van der Waals surface area contributed by atoms with E-state index in [0.29, 0.717) is 6.04 Å². The van der Waals surface area contributed by atoms with Crippen LogP contribution in [-0.2, 0) is 0 Å². The van der Waals surface area contributed by atoms with E-state index in [1.54, 1.807) is 11.3 Å². The second kappa shape index (κ2) is 4.61. The Labute approximate surface area is 104 Å². The van der Waals surface area contributed by atoms with Crippen LogP contribution >= 0.6 is 43.2 Å². The standard InChI is InChI=1S/C9H12Br2N2S/c10-6-4-8(14-9(6)11)7(13-12)3-5-1-2-5/h4-5,7,13H,1-3,12H2. The van der Waals surface area contributed by atoms with Crippen LogP contribution in [0.3, 0.4) is 0 Å². The molecule has 0 aliphatic heterocycles. The van der Waals surface area contributed by atoms with Crippen LogP contribution in [0, 0.1) is 5.92 Å². The highest BCUT2D eigenvalue weighted by Gasteiger charge is 2.26. The maximum absolute atomic E-state index is 5.57. The fourth-order valence-electron chi connectivity index (χ4n) is 1.49. The topological polar surface area (TPSA) is 38.0 Å². The number of halogens is 2. The highest BCUT2D eigenvalue weighted by molar-refractivity contribution is 9.13. The highest BCUT2D eigenvalue weighted by atomic mass is 79.9. The molecule has 0 radical (unpaired) electrons. The summed E-state index contributed by atoms with van der Waals surface area (Å²) >= 11 is 8.73. The van der Waals surface area contributed by atoms with E-state index in [4.69, 9.17) is 5.84 Å². The summed E-state index contributed by atoms with van der Waals surface area (Å²) in [6.45, 7) is 0. The zero-order valence-electron chi connectivity index (χ0n) is 7.59. The minimum atomic E-state index is 0.315. The fourth-order valence-corrected chi connectivity index (χ4v) is 3.65. The van der Waals surface area contributed by atoms with Gasteiger partial charge in [-0.2, -0.15) is 0 Å². The fraction of sp³-hybridized carbons (Fsp3) is 0.556. The third kappa shape index (κ3) is 2.58. The number of hydrazine groups is 1. The average molecular weight is 340 g/mol. The van der Waals surface area contributed by atoms with Crippen LogP contribution in [0.15, 0.2) is 14.3 Å². The Morgan fingerprint density at radius 3 is 2.71 bits per heavy atom. The third-order valence-corrected chi connectivity index (χ3v) is 5.84. The van der Waals surface area contributed by atoms with Gasteiger partial charge < -0.3 is 0 Å². The van der Waals surface area contributed by atoms with Gasteiger partial charge in [-0.25, -0.2) is 0 Å². The first kappa shape index (κ1) is 11.1. The lowest BCUT2D eigenvalue weighted by molar-refractivity contribution is 0.494. The van der Waals surface area contributed by atoms with E-state index < -0.39 is 0 Å². The van der Waals surface area contributed by atoms with Crippen molar-refractivity contribution >= 4 is 43.2 Å². The smallest absolute Gasteiger partial charge is 0.0843 e. The molecule has 78 valence electrons. The summed E-state index contributed by atoms with van der Waals surface area (Å²) in [6, 6.07) is 2.46. The Morgan fingerprint density at radius 1 is 1.57 bits per heavy atom. The normalized spacial score (nSPS) is 18.5. The first-order valence-corrected chi connectivity index (χ1v) is 7.02. The quantitative estimate of drug-likeness (QED) is 0.650. The molecule has 1 heterocycles. The number of nitrogens with two attached hydrogens (primary N) is 1. The highest BCUT2D eigenvalue weighted by Crippen LogP contribution is 2.41. The lowest BCUT2D eigenvalue weighted by Crippen LogP contribution is -2.27. The molecule has 5 heteroatoms. The molecule has 0 bridgehead atoms. The van der Waals surface area contributed by atoms with E-state index in [-0.39, 0.29) is 0 Å². The van der Waals surface area contributed by atoms with Gasteiger partial charge in [0.2, 0.25) is 0 Å². The summed E-state index contributed by atoms with van der Waals surface area (Å²) in [5, 5.41) is 0. The van der Waals surface area contributed by atoms with Gasteiger partial charge in [0, 0.05) is 9.35 Å². The van der Waals surface area contributed by atoms with E-state index in [2.05, 4.69) is 43.4 Å². The number of hydrogen-bond acceptors (Lipinski definition) is 3. The van der Waals surface area contributed by atoms with Crippen molar-refractivity contribution in [1.29, 1.82) is 0 Å². The summed E-state index contributed by atoms with van der Waals surface area (Å²) in [5.41, 5.74) is 2.90. The Kier molecular flexibility index (Phi) is 3.65. The van der Waals surface area contributed by atoms with Crippen LogP contribution in [-0.4, -0.2) is 0 Å². The van der Waals surface area contributed by atoms with Gasteiger partial charge in [0.05, 0.1) is 9.83 Å². The van der Waals surface area contributed by atoms with Crippen LogP contribution in [0.1, 0.15) is 30.2 Å². The predicted molar refractivity (Wildman–Crippen MR) is 67.1 cm³/mol. The Bertz CT molecular complexity index is 303. The molecule has 1 aliphatic carbocycles. The molecule has 0 spiro atoms. The van der Waals surface area contributed by atoms with Gasteiger partial charge in [-0.1, -0.05) is 12.8 Å². The molecule has 1 fully saturated rings. The van der Waals surface area contributed by atoms with Gasteiger partial charge in [-0.05, 0) is 50.3 Å². The molecule has 2 nitrogen and oxygen atoms in total. The second-order valence-corrected chi connectivity index (χ2v) is 6.92. The van der Waals surface area contributed by atoms with Crippen LogP contribution in [0.4, 0.5) is 0 Å². The Balaban J connectivity index is 2.08. The number of hydrogen-bond donors (Lipinski definition) is 2. The second-order valence-electron chi connectivity index (χ2n) is 3.67. The van der Waals surface area contributed by atoms with Gasteiger partial charge >= 0.3 is 0 Å². The summed E-state index contributed by atoms with van der Waals surface area (Å²) in [6.07, 6.45) is 3.90. The van der Waals surface area contributed by atoms with E-state index in [9.17, 15) is 0 Å². The van der Waals surface area contributed by atoms with Gasteiger partial charge in [0.1, 0.15) is 0 Å². The van der Waals surface area contributed by atoms with Crippen molar-refractivity contribution in [3.8, 4) is 0 Å². The molecule has 1 atom stereocenters. The maximum atomic E-state index is 5.57. The van der Waals surface area contributed by atoms with E-state index in [1.165, 1.54) is 17.7 Å². The van der Waals surface area contributed by atoms with Crippen LogP contribution < -0.4 is 11.3 Å². The predicted octanol–water partition coefficient (Wildman–Crippen LogP) is 3.58. The molecule has 1 aromatic rings. The minimum Gasteiger partial charge on any atom is -0.271 e. The molecule has 14 heavy (non-hydrogen) atoms. The molecule has 1 aliphatic rings. The third-order valence-electron chi connectivity index (χ3n) is 2.47. The number of rotatable bonds is 4. The minimum absolute atomic E-state index is 0.315. The van der Waals surface area contributed by atoms with Gasteiger partial charge in [-0.3, -0.25) is 11.3 Å². The molecule has 0 amide bonds. The van der Waals surface area contributed by atoms with E-state index in [1.807, 2.05) is 0 Å². The molecule has 1 unspecified atom stereocenters. The lowest BCUT2D eigenvalue weighted by atomic mass is 10.1. The molecule has 0 aromatic carbocycles. The molecule has 1 aromatic heterocycles. The van der Waals surface area contributed by atoms with Crippen molar-refractivity contribution in [2.75, 3.05) is 0 Å². The van der Waals surface area contributed by atoms with Crippen molar-refractivity contribution in [1.82, 2.24) is 5.43 Å². The van der Waals surface area contributed by atoms with Gasteiger partial charge in [0.15, 0.2) is 0 Å². The lowest BCUT2D eigenvalue weighted by Gasteiger charge is -2.12. The monoisotopic (exact) mass is 338 g/mol. The van der Waals surface area contributed by atoms with Crippen molar-refractivity contribution in [2.45, 2.75) is 25.3 Å². The summed E-state index contributed by atoms with van der Waals surface area (Å²) in [7, 11) is 0. The van der Waals surface area contributed by atoms with Crippen molar-refractivity contribution in [2.24, 2.45) is 11.8 Å². The summed E-state index contributed by atoms with van der Waals surface area (Å²) in [4.78, 5) is 1.30. The van der Waals surface area contributed by atoms with Crippen molar-refractivity contribution < 1.29 is 0 Å². The maximum Gasteiger partial charge on any atom is 0.0843 e. The molecule has 1 saturated carbocycles. The molecule has 0 saturated heterocycles. The first-order valence-electron chi connectivity index (χ1n) is 4.61. The number of nitrogens with one attached hydrogen (secondary N) is 1. The van der Waals surface area contributed by atoms with Crippen molar-refractivity contribution in [3.05, 3.63) is 19.2 Å². The summed E-state index contributed by atoms with van der Waals surface area (Å²) in [5.74, 6) is 6.45. The van der Waals surface area contributed by atoms with Gasteiger partial charge in [0.25, 0.3) is 0 Å². The van der Waals surface area contributed by atoms with Crippen molar-refractivity contribution in [3.63, 3.8) is 0 Å². The molecular formula is C9H12Br2N2S. The molecule has 2 rings (SSSR count). The van der Waals surface area contributed by atoms with Crippen LogP contribution in [0.2, 0.25) is 0 Å². The van der Waals surface area contributed by atoms with E-state index in [0.717, 1.165) is 20.6 Å².